The van der Waals surface area contributed by atoms with Gasteiger partial charge in [-0.25, -0.2) is 0 Å². The second kappa shape index (κ2) is 11.5. The molecule has 0 aliphatic carbocycles. The lowest BCUT2D eigenvalue weighted by Crippen LogP contribution is -2.17. The van der Waals surface area contributed by atoms with Crippen molar-refractivity contribution < 1.29 is 0 Å². The van der Waals surface area contributed by atoms with Crippen molar-refractivity contribution >= 4 is 77.1 Å². The molecule has 5 aromatic carbocycles. The first-order chi connectivity index (χ1) is 19.8. The lowest BCUT2D eigenvalue weighted by Gasteiger charge is -2.12. The standard InChI is InChI=1S/C36H20S4/c1-3-7-25(8-4-1)11-13-27-15-17-29-31(23-27)33(35-37-19-20-38-35)30-18-16-28(14-12-26-9-5-2-6-10-26)24-32(30)34(29)36-39-21-22-40-36/h1-10,15-24H. The summed E-state index contributed by atoms with van der Waals surface area (Å²) in [5, 5.41) is 16.2. The lowest BCUT2D eigenvalue weighted by atomic mass is 9.96. The van der Waals surface area contributed by atoms with Crippen LogP contribution in [0.3, 0.4) is 0 Å². The molecule has 0 unspecified atom stereocenters. The van der Waals surface area contributed by atoms with Crippen molar-refractivity contribution in [2.24, 2.45) is 0 Å². The molecule has 0 spiro atoms. The number of thioether (sulfide) groups is 4. The minimum Gasteiger partial charge on any atom is -0.0895 e. The van der Waals surface area contributed by atoms with E-state index in [0.717, 1.165) is 22.3 Å². The van der Waals surface area contributed by atoms with Crippen LogP contribution >= 0.6 is 47.0 Å². The van der Waals surface area contributed by atoms with Crippen LogP contribution in [-0.4, -0.2) is 0 Å². The SMILES string of the molecule is C(#Cc1ccc2c(=C3SC=CS3)c3cc(C#Cc4ccccc4)ccc3c(=C3SC=CS3)c2c1)c1ccccc1. The Morgan fingerprint density at radius 3 is 1.12 bits per heavy atom. The molecule has 0 bridgehead atoms. The third kappa shape index (κ3) is 5.13. The molecule has 2 heterocycles. The summed E-state index contributed by atoms with van der Waals surface area (Å²) in [7, 11) is 0. The van der Waals surface area contributed by atoms with Gasteiger partial charge in [-0.1, -0.05) is 119 Å². The van der Waals surface area contributed by atoms with E-state index in [2.05, 4.69) is 106 Å². The van der Waals surface area contributed by atoms with Gasteiger partial charge in [0.1, 0.15) is 0 Å². The number of benzene rings is 5. The second-order valence-corrected chi connectivity index (χ2v) is 13.3. The van der Waals surface area contributed by atoms with Crippen molar-refractivity contribution in [2.45, 2.75) is 0 Å². The van der Waals surface area contributed by atoms with E-state index in [-0.39, 0.29) is 0 Å². The fraction of sp³-hybridized carbons (Fsp3) is 0. The van der Waals surface area contributed by atoms with E-state index in [1.54, 1.807) is 47.0 Å². The van der Waals surface area contributed by atoms with Gasteiger partial charge >= 0.3 is 0 Å². The minimum absolute atomic E-state index is 1.02. The fourth-order valence-corrected chi connectivity index (χ4v) is 8.65. The maximum Gasteiger partial charge on any atom is 0.0571 e. The molecule has 0 nitrogen and oxygen atoms in total. The molecule has 188 valence electrons. The van der Waals surface area contributed by atoms with Crippen molar-refractivity contribution in [3.05, 3.63) is 151 Å². The fourth-order valence-electron chi connectivity index (χ4n) is 4.80. The van der Waals surface area contributed by atoms with E-state index >= 15 is 0 Å². The number of hydrogen-bond donors (Lipinski definition) is 0. The number of rotatable bonds is 0. The number of hydrogen-bond acceptors (Lipinski definition) is 4. The summed E-state index contributed by atoms with van der Waals surface area (Å²) in [4.78, 5) is 0. The Morgan fingerprint density at radius 2 is 0.725 bits per heavy atom. The summed E-state index contributed by atoms with van der Waals surface area (Å²) in [5.74, 6) is 13.5. The van der Waals surface area contributed by atoms with Crippen molar-refractivity contribution in [1.82, 2.24) is 0 Å². The van der Waals surface area contributed by atoms with E-state index < -0.39 is 0 Å². The molecule has 7 rings (SSSR count). The molecule has 0 saturated heterocycles. The first-order valence-electron chi connectivity index (χ1n) is 12.7. The molecule has 0 saturated carbocycles. The van der Waals surface area contributed by atoms with Crippen LogP contribution < -0.4 is 10.4 Å². The summed E-state index contributed by atoms with van der Waals surface area (Å²) in [5.41, 5.74) is 4.08. The first-order valence-corrected chi connectivity index (χ1v) is 16.2. The van der Waals surface area contributed by atoms with Crippen molar-refractivity contribution in [1.29, 1.82) is 0 Å². The summed E-state index contributed by atoms with van der Waals surface area (Å²) in [6.45, 7) is 0. The van der Waals surface area contributed by atoms with Gasteiger partial charge in [-0.05, 0) is 91.7 Å². The summed E-state index contributed by atoms with van der Waals surface area (Å²) in [6.07, 6.45) is 0. The van der Waals surface area contributed by atoms with Crippen LogP contribution in [0.15, 0.2) is 119 Å². The van der Waals surface area contributed by atoms with Gasteiger partial charge in [0.2, 0.25) is 0 Å². The molecule has 0 radical (unpaired) electrons. The van der Waals surface area contributed by atoms with Gasteiger partial charge in [0, 0.05) is 32.7 Å². The maximum atomic E-state index is 3.41. The Bertz CT molecular complexity index is 1930. The molecule has 0 atom stereocenters. The molecule has 4 heteroatoms. The average molecular weight is 581 g/mol. The highest BCUT2D eigenvalue weighted by molar-refractivity contribution is 8.35. The predicted octanol–water partition coefficient (Wildman–Crippen LogP) is 8.83. The monoisotopic (exact) mass is 580 g/mol. The van der Waals surface area contributed by atoms with Crippen LogP contribution in [-0.2, 0) is 0 Å². The van der Waals surface area contributed by atoms with Gasteiger partial charge in [-0.2, -0.15) is 0 Å². The molecule has 0 aromatic heterocycles. The normalized spacial score (nSPS) is 13.9. The molecule has 40 heavy (non-hydrogen) atoms. The van der Waals surface area contributed by atoms with Crippen LogP contribution in [0.2, 0.25) is 0 Å². The molecule has 0 amide bonds. The molecule has 5 aromatic rings. The highest BCUT2D eigenvalue weighted by atomic mass is 32.2. The summed E-state index contributed by atoms with van der Waals surface area (Å²) >= 11 is 7.19. The minimum atomic E-state index is 1.02. The predicted molar refractivity (Wildman–Crippen MR) is 181 cm³/mol. The second-order valence-electron chi connectivity index (χ2n) is 9.09. The Morgan fingerprint density at radius 1 is 0.350 bits per heavy atom. The van der Waals surface area contributed by atoms with Gasteiger partial charge < -0.3 is 0 Å². The van der Waals surface area contributed by atoms with Gasteiger partial charge in [0.15, 0.2) is 0 Å². The number of fused-ring (bicyclic) bond motifs is 2. The Kier molecular flexibility index (Phi) is 7.26. The van der Waals surface area contributed by atoms with E-state index in [1.165, 1.54) is 40.5 Å². The van der Waals surface area contributed by atoms with Crippen molar-refractivity contribution in [3.63, 3.8) is 0 Å². The van der Waals surface area contributed by atoms with E-state index in [0.29, 0.717) is 0 Å². The zero-order valence-electron chi connectivity index (χ0n) is 21.2. The third-order valence-electron chi connectivity index (χ3n) is 6.59. The Balaban J connectivity index is 1.52. The summed E-state index contributed by atoms with van der Waals surface area (Å²) < 4.78 is 2.60. The maximum absolute atomic E-state index is 3.41. The first kappa shape index (κ1) is 25.3. The van der Waals surface area contributed by atoms with Crippen LogP contribution in [0.1, 0.15) is 22.3 Å². The summed E-state index contributed by atoms with van der Waals surface area (Å²) in [6, 6.07) is 33.7. The lowest BCUT2D eigenvalue weighted by molar-refractivity contribution is 1.62. The molecule has 2 aliphatic rings. The zero-order chi connectivity index (χ0) is 26.7. The Labute approximate surface area is 250 Å². The van der Waals surface area contributed by atoms with Crippen molar-refractivity contribution in [3.8, 4) is 23.7 Å². The van der Waals surface area contributed by atoms with E-state index in [1.807, 2.05) is 36.4 Å². The van der Waals surface area contributed by atoms with E-state index in [9.17, 15) is 0 Å². The Hall–Kier alpha value is -3.64. The van der Waals surface area contributed by atoms with Gasteiger partial charge in [-0.3, -0.25) is 0 Å². The average Bonchev–Trinajstić information content (AvgIpc) is 3.74. The molecule has 2 aliphatic heterocycles. The van der Waals surface area contributed by atoms with Gasteiger partial charge in [-0.15, -0.1) is 0 Å². The van der Waals surface area contributed by atoms with Crippen LogP contribution in [0, 0.1) is 23.7 Å². The third-order valence-corrected chi connectivity index (χ3v) is 10.8. The zero-order valence-corrected chi connectivity index (χ0v) is 24.4. The molecular weight excluding hydrogens is 561 g/mol. The van der Waals surface area contributed by atoms with E-state index in [4.69, 9.17) is 0 Å². The van der Waals surface area contributed by atoms with Crippen LogP contribution in [0.25, 0.3) is 30.0 Å². The molecular formula is C36H20S4. The van der Waals surface area contributed by atoms with Crippen molar-refractivity contribution in [2.75, 3.05) is 0 Å². The largest absolute Gasteiger partial charge is 0.0895 e. The smallest absolute Gasteiger partial charge is 0.0571 e. The highest BCUT2D eigenvalue weighted by Crippen LogP contribution is 2.41. The topological polar surface area (TPSA) is 0 Å². The highest BCUT2D eigenvalue weighted by Gasteiger charge is 2.16. The molecule has 0 N–H and O–H groups in total. The quantitative estimate of drug-likeness (QED) is 0.133. The van der Waals surface area contributed by atoms with Crippen LogP contribution in [0.4, 0.5) is 0 Å². The van der Waals surface area contributed by atoms with Gasteiger partial charge in [0.25, 0.3) is 0 Å². The van der Waals surface area contributed by atoms with Gasteiger partial charge in [0.05, 0.1) is 8.47 Å². The molecule has 0 fully saturated rings. The van der Waals surface area contributed by atoms with Crippen LogP contribution in [0.5, 0.6) is 0 Å².